The minimum atomic E-state index is -3.89. The molecule has 0 aromatic heterocycles. The molecule has 2 aliphatic heterocycles. The number of hydrogen-bond acceptors (Lipinski definition) is 4. The predicted octanol–water partition coefficient (Wildman–Crippen LogP) is 0.736. The van der Waals surface area contributed by atoms with Crippen LogP contribution in [0.1, 0.15) is 39.4 Å². The fraction of sp³-hybridized carbons (Fsp3) is 0.273. The molecule has 2 heterocycles. The monoisotopic (exact) mass is 501 g/mol. The molecule has 2 aromatic carbocycles. The molecule has 2 N–H and O–H groups in total. The number of carbonyl (C=O) groups excluding carboxylic acids is 4. The number of piperidine rings is 1. The summed E-state index contributed by atoms with van der Waals surface area (Å²) in [7, 11) is 23.6. The molecule has 0 bridgehead atoms. The molecule has 0 spiro atoms. The number of hydrogen-bond donors (Lipinski definition) is 2. The molecule has 174 valence electrons. The van der Waals surface area contributed by atoms with Gasteiger partial charge in [-0.25, -0.2) is 0 Å². The molecule has 1 unspecified atom stereocenters. The number of fused-ring (bicyclic) bond motifs is 1. The van der Waals surface area contributed by atoms with E-state index in [2.05, 4.69) is 5.32 Å². The van der Waals surface area contributed by atoms with Crippen LogP contribution in [0.2, 0.25) is 10.2 Å². The molecular weight excluding hydrogens is 487 g/mol. The van der Waals surface area contributed by atoms with Crippen LogP contribution in [0.4, 0.5) is 8.78 Å². The van der Waals surface area contributed by atoms with E-state index in [0.29, 0.717) is 5.56 Å². The highest BCUT2D eigenvalue weighted by atomic mass is 35.5. The van der Waals surface area contributed by atoms with Crippen molar-refractivity contribution in [3.05, 3.63) is 69.7 Å². The van der Waals surface area contributed by atoms with Crippen molar-refractivity contribution < 1.29 is 28.0 Å². The lowest BCUT2D eigenvalue weighted by molar-refractivity contribution is -0.147. The number of carbonyl (C=O) groups is 4. The minimum Gasteiger partial charge on any atom is -0.352 e. The lowest BCUT2D eigenvalue weighted by Gasteiger charge is -2.46. The summed E-state index contributed by atoms with van der Waals surface area (Å²) in [4.78, 5) is 50.7. The van der Waals surface area contributed by atoms with Crippen LogP contribution in [-0.4, -0.2) is 65.4 Å². The van der Waals surface area contributed by atoms with Crippen molar-refractivity contribution in [2.24, 2.45) is 0 Å². The van der Waals surface area contributed by atoms with E-state index >= 15 is 0 Å². The quantitative estimate of drug-likeness (QED) is 0.467. The van der Waals surface area contributed by atoms with Crippen molar-refractivity contribution in [1.82, 2.24) is 15.5 Å². The Morgan fingerprint density at radius 2 is 1.72 bits per heavy atom. The van der Waals surface area contributed by atoms with E-state index in [4.69, 9.17) is 43.0 Å². The number of nitrogens with zero attached hydrogens (tertiary/aromatic N) is 1. The van der Waals surface area contributed by atoms with Crippen LogP contribution in [0, 0.1) is 0 Å². The number of benzene rings is 2. The highest BCUT2D eigenvalue weighted by Gasteiger charge is 2.53. The van der Waals surface area contributed by atoms with Crippen LogP contribution in [0.15, 0.2) is 42.5 Å². The number of amides is 4. The zero-order chi connectivity index (χ0) is 26.6. The third-order valence-electron chi connectivity index (χ3n) is 6.16. The molecule has 2 atom stereocenters. The average Bonchev–Trinajstić information content (AvgIpc) is 3.14. The Morgan fingerprint density at radius 3 is 2.36 bits per heavy atom. The summed E-state index contributed by atoms with van der Waals surface area (Å²) in [6, 6.07) is 8.67. The van der Waals surface area contributed by atoms with Crippen LogP contribution < -0.4 is 10.6 Å². The standard InChI is InChI=1S/C22H14B4ClF2N3O4/c23-15(30-19(36)22(28,29)12-2-4-13(27)5-3-12)10-1-6-14-11(7-10)8-32(16(14)33)21(26)9-20(24,25)17(34)31-18(21)35/h1-7,15H,8-9H2,(H,30,36)(H,31,34,35)/t15?,21-/m1/s1. The Morgan fingerprint density at radius 1 is 1.08 bits per heavy atom. The van der Waals surface area contributed by atoms with E-state index in [1.54, 1.807) is 0 Å². The zero-order valence-electron chi connectivity index (χ0n) is 18.6. The number of alkyl halides is 2. The van der Waals surface area contributed by atoms with Crippen molar-refractivity contribution in [2.75, 3.05) is 0 Å². The molecule has 36 heavy (non-hydrogen) atoms. The van der Waals surface area contributed by atoms with Crippen molar-refractivity contribution in [3.63, 3.8) is 0 Å². The number of rotatable bonds is 5. The molecule has 2 aromatic rings. The van der Waals surface area contributed by atoms with Crippen molar-refractivity contribution in [3.8, 4) is 0 Å². The molecule has 1 saturated heterocycles. The van der Waals surface area contributed by atoms with Gasteiger partial charge in [0.25, 0.3) is 11.8 Å². The molecule has 8 radical (unpaired) electrons. The molecule has 4 rings (SSSR count). The first-order valence-electron chi connectivity index (χ1n) is 10.5. The van der Waals surface area contributed by atoms with Gasteiger partial charge in [0.2, 0.25) is 11.8 Å². The maximum absolute atomic E-state index is 14.6. The maximum atomic E-state index is 14.6. The summed E-state index contributed by atoms with van der Waals surface area (Å²) < 4.78 is 29.2. The van der Waals surface area contributed by atoms with Crippen LogP contribution in [0.5, 0.6) is 0 Å². The molecule has 0 aliphatic carbocycles. The Labute approximate surface area is 215 Å². The van der Waals surface area contributed by atoms with Crippen LogP contribution in [0.25, 0.3) is 0 Å². The van der Waals surface area contributed by atoms with Gasteiger partial charge in [-0.05, 0) is 41.0 Å². The third kappa shape index (κ3) is 4.34. The van der Waals surface area contributed by atoms with Crippen LogP contribution >= 0.6 is 11.6 Å². The van der Waals surface area contributed by atoms with Gasteiger partial charge in [-0.1, -0.05) is 35.9 Å². The van der Waals surface area contributed by atoms with Crippen LogP contribution in [0.3, 0.4) is 0 Å². The summed E-state index contributed by atoms with van der Waals surface area (Å²) in [6.07, 6.45) is -0.535. The summed E-state index contributed by atoms with van der Waals surface area (Å²) in [5.74, 6) is -9.40. The summed E-state index contributed by atoms with van der Waals surface area (Å²) >= 11 is 5.71. The van der Waals surface area contributed by atoms with Crippen molar-refractivity contribution in [1.29, 1.82) is 0 Å². The van der Waals surface area contributed by atoms with E-state index in [1.165, 1.54) is 30.3 Å². The molecule has 7 nitrogen and oxygen atoms in total. The van der Waals surface area contributed by atoms with E-state index in [0.717, 1.165) is 17.0 Å². The van der Waals surface area contributed by atoms with E-state index in [1.807, 2.05) is 5.32 Å². The lowest BCUT2D eigenvalue weighted by atomic mass is 9.45. The van der Waals surface area contributed by atoms with Gasteiger partial charge in [-0.2, -0.15) is 8.78 Å². The SMILES string of the molecule is [B]C(NC(=O)C(F)(F)c1ccc(Cl)cc1)c1ccc2c(c1)CN([C@]1([B])CC([B])([B])C(=O)NC1=O)C2=O. The molecule has 4 amide bonds. The Balaban J connectivity index is 1.53. The minimum absolute atomic E-state index is 0.165. The number of imide groups is 1. The normalized spacial score (nSPS) is 22.1. The molecule has 1 fully saturated rings. The summed E-state index contributed by atoms with van der Waals surface area (Å²) in [5.41, 5.74) is -1.85. The van der Waals surface area contributed by atoms with Gasteiger partial charge in [-0.15, -0.1) is 0 Å². The Hall–Kier alpha value is -3.07. The first-order chi connectivity index (χ1) is 16.7. The summed E-state index contributed by atoms with van der Waals surface area (Å²) in [5, 5.41) is 2.26. The van der Waals surface area contributed by atoms with E-state index in [9.17, 15) is 28.0 Å². The Bertz CT molecular complexity index is 1290. The molecule has 0 saturated carbocycles. The fourth-order valence-electron chi connectivity index (χ4n) is 4.11. The zero-order valence-corrected chi connectivity index (χ0v) is 19.3. The van der Waals surface area contributed by atoms with Gasteiger partial charge in [0.15, 0.2) is 0 Å². The predicted molar refractivity (Wildman–Crippen MR) is 129 cm³/mol. The second-order valence-corrected chi connectivity index (χ2v) is 9.20. The third-order valence-corrected chi connectivity index (χ3v) is 6.41. The molecule has 14 heteroatoms. The largest absolute Gasteiger partial charge is 0.352 e. The smallest absolute Gasteiger partial charge is 0.349 e. The first-order valence-corrected chi connectivity index (χ1v) is 10.9. The number of nitrogens with one attached hydrogen (secondary N) is 2. The summed E-state index contributed by atoms with van der Waals surface area (Å²) in [6.45, 7) is -0.183. The average molecular weight is 501 g/mol. The first kappa shape index (κ1) is 26.0. The van der Waals surface area contributed by atoms with E-state index in [-0.39, 0.29) is 22.7 Å². The second kappa shape index (κ2) is 8.80. The van der Waals surface area contributed by atoms with Crippen molar-refractivity contribution in [2.45, 2.75) is 35.5 Å². The van der Waals surface area contributed by atoms with Gasteiger partial charge < -0.3 is 10.2 Å². The van der Waals surface area contributed by atoms with Crippen LogP contribution in [-0.2, 0) is 26.9 Å². The number of halogens is 3. The van der Waals surface area contributed by atoms with Gasteiger partial charge in [0.05, 0.1) is 21.1 Å². The molecule has 2 aliphatic rings. The highest BCUT2D eigenvalue weighted by Crippen LogP contribution is 2.40. The van der Waals surface area contributed by atoms with Gasteiger partial charge >= 0.3 is 5.92 Å². The molecular formula is C22H14B4ClF2N3O4. The lowest BCUT2D eigenvalue weighted by Crippen LogP contribution is -2.67. The highest BCUT2D eigenvalue weighted by molar-refractivity contribution is 6.53. The van der Waals surface area contributed by atoms with Gasteiger partial charge in [-0.3, -0.25) is 24.5 Å². The van der Waals surface area contributed by atoms with Gasteiger partial charge in [0.1, 0.15) is 15.7 Å². The second-order valence-electron chi connectivity index (χ2n) is 8.76. The topological polar surface area (TPSA) is 95.6 Å². The van der Waals surface area contributed by atoms with E-state index < -0.39 is 58.1 Å². The van der Waals surface area contributed by atoms with Gasteiger partial charge in [0, 0.05) is 28.6 Å². The maximum Gasteiger partial charge on any atom is 0.349 e. The fourth-order valence-corrected chi connectivity index (χ4v) is 4.24. The van der Waals surface area contributed by atoms with Crippen molar-refractivity contribution >= 4 is 66.6 Å². The Kier molecular flexibility index (Phi) is 6.35.